The molecule has 28 heavy (non-hydrogen) atoms. The Labute approximate surface area is 166 Å². The molecule has 148 valence electrons. The molecule has 2 aromatic rings. The van der Waals surface area contributed by atoms with Gasteiger partial charge in [0.15, 0.2) is 13.1 Å². The van der Waals surface area contributed by atoms with E-state index >= 15 is 0 Å². The van der Waals surface area contributed by atoms with Gasteiger partial charge in [-0.15, -0.1) is 0 Å². The molecule has 1 aliphatic heterocycles. The van der Waals surface area contributed by atoms with Gasteiger partial charge in [0.1, 0.15) is 6.61 Å². The maximum Gasteiger partial charge on any atom is 0.362 e. The fraction of sp³-hybridized carbons (Fsp3) is 0.391. The van der Waals surface area contributed by atoms with Crippen molar-refractivity contribution in [3.8, 4) is 0 Å². The molecule has 1 saturated heterocycles. The van der Waals surface area contributed by atoms with Gasteiger partial charge in [0.2, 0.25) is 0 Å². The average molecular weight is 381 g/mol. The van der Waals surface area contributed by atoms with Crippen LogP contribution in [0.4, 0.5) is 5.69 Å². The van der Waals surface area contributed by atoms with Crippen LogP contribution in [0.2, 0.25) is 0 Å². The van der Waals surface area contributed by atoms with Gasteiger partial charge in [-0.25, -0.2) is 4.79 Å². The minimum absolute atomic E-state index is 0.0461. The molecule has 5 heteroatoms. The molecular formula is C23H29N2O3+. The van der Waals surface area contributed by atoms with Crippen LogP contribution < -0.4 is 5.32 Å². The lowest BCUT2D eigenvalue weighted by molar-refractivity contribution is -0.902. The molecule has 1 N–H and O–H groups in total. The highest BCUT2D eigenvalue weighted by Crippen LogP contribution is 2.22. The molecule has 5 nitrogen and oxygen atoms in total. The topological polar surface area (TPSA) is 55.4 Å². The molecule has 0 unspecified atom stereocenters. The van der Waals surface area contributed by atoms with Crippen LogP contribution in [-0.2, 0) is 20.9 Å². The van der Waals surface area contributed by atoms with Crippen molar-refractivity contribution in [1.29, 1.82) is 0 Å². The summed E-state index contributed by atoms with van der Waals surface area (Å²) in [5.74, 6) is -0.291. The summed E-state index contributed by atoms with van der Waals surface area (Å²) in [7, 11) is 0. The molecule has 0 bridgehead atoms. The lowest BCUT2D eigenvalue weighted by Crippen LogP contribution is -2.53. The van der Waals surface area contributed by atoms with Gasteiger partial charge in [-0.05, 0) is 30.5 Å². The third-order valence-corrected chi connectivity index (χ3v) is 5.45. The van der Waals surface area contributed by atoms with Crippen LogP contribution in [0.5, 0.6) is 0 Å². The predicted octanol–water partition coefficient (Wildman–Crippen LogP) is 3.60. The van der Waals surface area contributed by atoms with Gasteiger partial charge in [0.25, 0.3) is 5.91 Å². The molecule has 1 aliphatic rings. The van der Waals surface area contributed by atoms with Crippen molar-refractivity contribution < 1.29 is 18.8 Å². The Kier molecular flexibility index (Phi) is 6.47. The van der Waals surface area contributed by atoms with E-state index in [-0.39, 0.29) is 25.0 Å². The van der Waals surface area contributed by atoms with Crippen molar-refractivity contribution in [2.24, 2.45) is 0 Å². The Hall–Kier alpha value is -2.66. The number of hydrogen-bond acceptors (Lipinski definition) is 3. The van der Waals surface area contributed by atoms with Gasteiger partial charge in [0, 0.05) is 18.5 Å². The van der Waals surface area contributed by atoms with Crippen LogP contribution >= 0.6 is 0 Å². The summed E-state index contributed by atoms with van der Waals surface area (Å²) in [6.07, 6.45) is 2.06. The Morgan fingerprint density at radius 3 is 2.21 bits per heavy atom. The number of nitrogens with one attached hydrogen (secondary N) is 1. The number of rotatable bonds is 7. The van der Waals surface area contributed by atoms with Crippen LogP contribution in [0, 0.1) is 13.8 Å². The number of ether oxygens (including phenoxy) is 1. The second-order valence-electron chi connectivity index (χ2n) is 7.77. The molecule has 0 aromatic heterocycles. The highest BCUT2D eigenvalue weighted by atomic mass is 16.5. The first-order chi connectivity index (χ1) is 13.5. The Morgan fingerprint density at radius 1 is 0.929 bits per heavy atom. The minimum atomic E-state index is -0.245. The number of esters is 1. The monoisotopic (exact) mass is 381 g/mol. The molecule has 0 saturated carbocycles. The quantitative estimate of drug-likeness (QED) is 0.589. The van der Waals surface area contributed by atoms with Gasteiger partial charge < -0.3 is 14.5 Å². The van der Waals surface area contributed by atoms with E-state index in [1.165, 1.54) is 0 Å². The zero-order valence-corrected chi connectivity index (χ0v) is 16.7. The van der Waals surface area contributed by atoms with Gasteiger partial charge in [-0.1, -0.05) is 48.5 Å². The van der Waals surface area contributed by atoms with Gasteiger partial charge in [-0.2, -0.15) is 0 Å². The molecular weight excluding hydrogens is 352 g/mol. The summed E-state index contributed by atoms with van der Waals surface area (Å²) in [6, 6.07) is 15.6. The number of aryl methyl sites for hydroxylation is 2. The number of quaternary nitrogens is 1. The standard InChI is InChI=1S/C23H28N2O3/c1-18-9-8-10-19(2)23(18)24-21(26)15-25(13-6-7-14-25)16-22(27)28-17-20-11-4-3-5-12-20/h3-5,8-12H,6-7,13-17H2,1-2H3/p+1. The van der Waals surface area contributed by atoms with Crippen molar-refractivity contribution >= 4 is 17.6 Å². The van der Waals surface area contributed by atoms with E-state index in [2.05, 4.69) is 5.32 Å². The number of amides is 1. The van der Waals surface area contributed by atoms with E-state index in [9.17, 15) is 9.59 Å². The van der Waals surface area contributed by atoms with Gasteiger partial charge in [-0.3, -0.25) is 4.79 Å². The van der Waals surface area contributed by atoms with Gasteiger partial charge >= 0.3 is 5.97 Å². The Balaban J connectivity index is 1.60. The molecule has 0 aliphatic carbocycles. The number of carbonyl (C=O) groups excluding carboxylic acids is 2. The number of hydrogen-bond donors (Lipinski definition) is 1. The number of nitrogens with zero attached hydrogens (tertiary/aromatic N) is 1. The lowest BCUT2D eigenvalue weighted by Gasteiger charge is -2.32. The maximum absolute atomic E-state index is 12.8. The molecule has 0 radical (unpaired) electrons. The number of para-hydroxylation sites is 1. The first-order valence-corrected chi connectivity index (χ1v) is 9.88. The number of carbonyl (C=O) groups is 2. The van der Waals surface area contributed by atoms with Crippen molar-refractivity contribution in [2.45, 2.75) is 33.3 Å². The van der Waals surface area contributed by atoms with Crippen LogP contribution in [0.15, 0.2) is 48.5 Å². The molecule has 0 spiro atoms. The number of anilines is 1. The van der Waals surface area contributed by atoms with Crippen LogP contribution in [-0.4, -0.2) is 42.5 Å². The maximum atomic E-state index is 12.8. The Bertz CT molecular complexity index is 807. The van der Waals surface area contributed by atoms with E-state index in [1.807, 2.05) is 62.4 Å². The third kappa shape index (κ3) is 5.20. The molecule has 0 atom stereocenters. The summed E-state index contributed by atoms with van der Waals surface area (Å²) >= 11 is 0. The second kappa shape index (κ2) is 9.02. The highest BCUT2D eigenvalue weighted by Gasteiger charge is 2.37. The van der Waals surface area contributed by atoms with E-state index in [1.54, 1.807) is 0 Å². The van der Waals surface area contributed by atoms with E-state index < -0.39 is 0 Å². The summed E-state index contributed by atoms with van der Waals surface area (Å²) in [5, 5.41) is 3.05. The van der Waals surface area contributed by atoms with Gasteiger partial charge in [0.05, 0.1) is 13.1 Å². The van der Waals surface area contributed by atoms with Crippen molar-refractivity contribution in [2.75, 3.05) is 31.5 Å². The summed E-state index contributed by atoms with van der Waals surface area (Å²) in [5.41, 5.74) is 3.93. The average Bonchev–Trinajstić information content (AvgIpc) is 3.12. The van der Waals surface area contributed by atoms with E-state index in [0.717, 1.165) is 48.3 Å². The molecule has 2 aromatic carbocycles. The second-order valence-corrected chi connectivity index (χ2v) is 7.77. The third-order valence-electron chi connectivity index (χ3n) is 5.45. The summed E-state index contributed by atoms with van der Waals surface area (Å²) in [6.45, 7) is 6.46. The Morgan fingerprint density at radius 2 is 1.57 bits per heavy atom. The molecule has 3 rings (SSSR count). The highest BCUT2D eigenvalue weighted by molar-refractivity contribution is 5.93. The molecule has 1 fully saturated rings. The van der Waals surface area contributed by atoms with Crippen LogP contribution in [0.25, 0.3) is 0 Å². The summed E-state index contributed by atoms with van der Waals surface area (Å²) < 4.78 is 5.94. The normalized spacial score (nSPS) is 15.2. The zero-order valence-electron chi connectivity index (χ0n) is 16.7. The summed E-state index contributed by atoms with van der Waals surface area (Å²) in [4.78, 5) is 25.2. The molecule has 1 heterocycles. The predicted molar refractivity (Wildman–Crippen MR) is 110 cm³/mol. The largest absolute Gasteiger partial charge is 0.457 e. The van der Waals surface area contributed by atoms with E-state index in [4.69, 9.17) is 4.74 Å². The SMILES string of the molecule is Cc1cccc(C)c1NC(=O)C[N+]1(CC(=O)OCc2ccccc2)CCCC1. The van der Waals surface area contributed by atoms with E-state index in [0.29, 0.717) is 11.0 Å². The van der Waals surface area contributed by atoms with Crippen molar-refractivity contribution in [3.63, 3.8) is 0 Å². The fourth-order valence-corrected chi connectivity index (χ4v) is 3.93. The first kappa shape index (κ1) is 20.1. The smallest absolute Gasteiger partial charge is 0.362 e. The van der Waals surface area contributed by atoms with Crippen LogP contribution in [0.3, 0.4) is 0 Å². The molecule has 1 amide bonds. The minimum Gasteiger partial charge on any atom is -0.457 e. The fourth-order valence-electron chi connectivity index (χ4n) is 3.93. The number of likely N-dealkylation sites (tertiary alicyclic amines) is 1. The van der Waals surface area contributed by atoms with Crippen molar-refractivity contribution in [3.05, 3.63) is 65.2 Å². The first-order valence-electron chi connectivity index (χ1n) is 9.88. The lowest BCUT2D eigenvalue weighted by atomic mass is 10.1. The zero-order chi connectivity index (χ0) is 20.0. The number of benzene rings is 2. The van der Waals surface area contributed by atoms with Crippen molar-refractivity contribution in [1.82, 2.24) is 0 Å². The van der Waals surface area contributed by atoms with Crippen LogP contribution in [0.1, 0.15) is 29.5 Å².